The van der Waals surface area contributed by atoms with E-state index in [0.29, 0.717) is 43.8 Å². The van der Waals surface area contributed by atoms with Crippen LogP contribution in [0.4, 0.5) is 11.4 Å². The highest BCUT2D eigenvalue weighted by Crippen LogP contribution is 2.44. The third kappa shape index (κ3) is 5.30. The molecule has 2 N–H and O–H groups in total. The molecule has 1 saturated heterocycles. The lowest BCUT2D eigenvalue weighted by atomic mass is 10.0. The molecule has 4 aromatic rings. The number of halogens is 2. The molecule has 0 bridgehead atoms. The van der Waals surface area contributed by atoms with E-state index in [-0.39, 0.29) is 6.04 Å². The van der Waals surface area contributed by atoms with Crippen LogP contribution in [0, 0.1) is 0 Å². The smallest absolute Gasteiger partial charge is 0.229 e. The van der Waals surface area contributed by atoms with Crippen molar-refractivity contribution in [2.75, 3.05) is 23.0 Å². The second-order valence-electron chi connectivity index (χ2n) is 8.59. The highest BCUT2D eigenvalue weighted by atomic mass is 35.5. The van der Waals surface area contributed by atoms with Gasteiger partial charge in [0.15, 0.2) is 5.11 Å². The molecular weight excluding hydrogens is 567 g/mol. The van der Waals surface area contributed by atoms with Crippen LogP contribution in [-0.4, -0.2) is 31.9 Å². The first kappa shape index (κ1) is 26.3. The van der Waals surface area contributed by atoms with Crippen molar-refractivity contribution in [3.05, 3.63) is 94.4 Å². The first-order valence-corrected chi connectivity index (χ1v) is 14.4. The molecule has 0 radical (unpaired) electrons. The Kier molecular flexibility index (Phi) is 7.23. The molecular formula is C26H22Cl2N4O4S2. The summed E-state index contributed by atoms with van der Waals surface area (Å²) in [5.41, 5.74) is 2.54. The Labute approximate surface area is 235 Å². The van der Waals surface area contributed by atoms with E-state index < -0.39 is 16.1 Å². The summed E-state index contributed by atoms with van der Waals surface area (Å²) in [6, 6.07) is 19.1. The van der Waals surface area contributed by atoms with Crippen LogP contribution in [0.15, 0.2) is 77.3 Å². The van der Waals surface area contributed by atoms with Crippen LogP contribution in [-0.2, 0) is 10.0 Å². The van der Waals surface area contributed by atoms with E-state index in [0.717, 1.165) is 17.5 Å². The minimum atomic E-state index is -3.50. The number of thiocarbonyl (C=S) groups is 1. The maximum absolute atomic E-state index is 11.8. The molecule has 0 saturated carbocycles. The molecule has 8 nitrogen and oxygen atoms in total. The van der Waals surface area contributed by atoms with Crippen molar-refractivity contribution in [1.29, 1.82) is 0 Å². The summed E-state index contributed by atoms with van der Waals surface area (Å²) in [6.07, 6.45) is 2.80. The SMILES string of the molecule is COc1cc(N2C(=S)N[C@H](c3ccccn3)[C@H]2c2ccc(-c3ccc(Cl)c(Cl)c3)o2)ccc1NS(C)(=O)=O. The summed E-state index contributed by atoms with van der Waals surface area (Å²) in [4.78, 5) is 6.45. The second-order valence-corrected chi connectivity index (χ2v) is 11.5. The molecule has 2 aromatic carbocycles. The van der Waals surface area contributed by atoms with E-state index in [1.54, 1.807) is 36.5 Å². The Hall–Kier alpha value is -3.31. The van der Waals surface area contributed by atoms with Gasteiger partial charge >= 0.3 is 0 Å². The van der Waals surface area contributed by atoms with Gasteiger partial charge in [0.05, 0.1) is 40.8 Å². The molecule has 1 aliphatic rings. The Balaban J connectivity index is 1.59. The molecule has 196 valence electrons. The fourth-order valence-electron chi connectivity index (χ4n) is 4.35. The third-order valence-corrected chi connectivity index (χ3v) is 7.62. The second kappa shape index (κ2) is 10.5. The number of anilines is 2. The normalized spacial score (nSPS) is 17.4. The number of nitrogens with one attached hydrogen (secondary N) is 2. The lowest BCUT2D eigenvalue weighted by molar-refractivity contribution is 0.416. The van der Waals surface area contributed by atoms with Crippen molar-refractivity contribution in [2.45, 2.75) is 12.1 Å². The van der Waals surface area contributed by atoms with Gasteiger partial charge in [0.2, 0.25) is 10.0 Å². The van der Waals surface area contributed by atoms with Gasteiger partial charge < -0.3 is 19.4 Å². The molecule has 5 rings (SSSR count). The number of ether oxygens (including phenoxy) is 1. The fourth-order valence-corrected chi connectivity index (χ4v) is 5.56. The van der Waals surface area contributed by atoms with Gasteiger partial charge in [0, 0.05) is 23.5 Å². The number of benzene rings is 2. The number of methoxy groups -OCH3 is 1. The molecule has 2 atom stereocenters. The van der Waals surface area contributed by atoms with Crippen molar-refractivity contribution in [2.24, 2.45) is 0 Å². The molecule has 0 unspecified atom stereocenters. The molecule has 12 heteroatoms. The van der Waals surface area contributed by atoms with E-state index in [1.165, 1.54) is 7.11 Å². The van der Waals surface area contributed by atoms with Crippen LogP contribution in [0.5, 0.6) is 5.75 Å². The first-order chi connectivity index (χ1) is 18.1. The van der Waals surface area contributed by atoms with Crippen molar-refractivity contribution < 1.29 is 17.6 Å². The summed E-state index contributed by atoms with van der Waals surface area (Å²) in [6.45, 7) is 0. The number of aromatic nitrogens is 1. The number of furan rings is 1. The quantitative estimate of drug-likeness (QED) is 0.246. The number of nitrogens with zero attached hydrogens (tertiary/aromatic N) is 2. The number of hydrogen-bond acceptors (Lipinski definition) is 6. The minimum absolute atomic E-state index is 0.314. The lowest BCUT2D eigenvalue weighted by Gasteiger charge is -2.27. The van der Waals surface area contributed by atoms with Crippen molar-refractivity contribution in [1.82, 2.24) is 10.3 Å². The molecule has 2 aromatic heterocycles. The van der Waals surface area contributed by atoms with E-state index in [4.69, 9.17) is 44.6 Å². The minimum Gasteiger partial charge on any atom is -0.494 e. The van der Waals surface area contributed by atoms with Crippen molar-refractivity contribution in [3.8, 4) is 17.1 Å². The summed E-state index contributed by atoms with van der Waals surface area (Å²) in [7, 11) is -2.03. The summed E-state index contributed by atoms with van der Waals surface area (Å²) >= 11 is 18.1. The van der Waals surface area contributed by atoms with Gasteiger partial charge in [-0.05, 0) is 66.8 Å². The van der Waals surface area contributed by atoms with Gasteiger partial charge in [-0.25, -0.2) is 8.42 Å². The average Bonchev–Trinajstić information content (AvgIpc) is 3.50. The van der Waals surface area contributed by atoms with E-state index in [2.05, 4.69) is 15.0 Å². The van der Waals surface area contributed by atoms with Gasteiger partial charge in [0.1, 0.15) is 23.3 Å². The predicted molar refractivity (Wildman–Crippen MR) is 154 cm³/mol. The van der Waals surface area contributed by atoms with Crippen LogP contribution >= 0.6 is 35.4 Å². The van der Waals surface area contributed by atoms with Gasteiger partial charge in [-0.3, -0.25) is 9.71 Å². The molecule has 0 aliphatic carbocycles. The number of rotatable bonds is 7. The topological polar surface area (TPSA) is 96.7 Å². The largest absolute Gasteiger partial charge is 0.494 e. The van der Waals surface area contributed by atoms with Crippen LogP contribution in [0.3, 0.4) is 0 Å². The zero-order chi connectivity index (χ0) is 27.0. The van der Waals surface area contributed by atoms with Crippen LogP contribution in [0.1, 0.15) is 23.5 Å². The Morgan fingerprint density at radius 2 is 1.89 bits per heavy atom. The van der Waals surface area contributed by atoms with Crippen molar-refractivity contribution >= 4 is 61.9 Å². The van der Waals surface area contributed by atoms with E-state index in [1.807, 2.05) is 41.3 Å². The van der Waals surface area contributed by atoms with E-state index in [9.17, 15) is 8.42 Å². The Bertz CT molecular complexity index is 1610. The van der Waals surface area contributed by atoms with Crippen LogP contribution in [0.2, 0.25) is 10.0 Å². The molecule has 3 heterocycles. The molecule has 0 amide bonds. The maximum atomic E-state index is 11.8. The summed E-state index contributed by atoms with van der Waals surface area (Å²) in [5.74, 6) is 1.58. The van der Waals surface area contributed by atoms with Gasteiger partial charge in [-0.2, -0.15) is 0 Å². The van der Waals surface area contributed by atoms with Crippen LogP contribution in [0.25, 0.3) is 11.3 Å². The lowest BCUT2D eigenvalue weighted by Crippen LogP contribution is -2.29. The maximum Gasteiger partial charge on any atom is 0.229 e. The summed E-state index contributed by atoms with van der Waals surface area (Å²) in [5, 5.41) is 4.70. The monoisotopic (exact) mass is 588 g/mol. The highest BCUT2D eigenvalue weighted by Gasteiger charge is 2.42. The Morgan fingerprint density at radius 3 is 2.58 bits per heavy atom. The average molecular weight is 590 g/mol. The summed E-state index contributed by atoms with van der Waals surface area (Å²) < 4.78 is 37.9. The fraction of sp³-hybridized carbons (Fsp3) is 0.154. The third-order valence-electron chi connectivity index (χ3n) is 5.98. The first-order valence-electron chi connectivity index (χ1n) is 11.4. The number of hydrogen-bond donors (Lipinski definition) is 2. The van der Waals surface area contributed by atoms with E-state index >= 15 is 0 Å². The van der Waals surface area contributed by atoms with Gasteiger partial charge in [-0.1, -0.05) is 29.3 Å². The standard InChI is InChI=1S/C26H22Cl2N4O4S2/c1-35-23-14-16(7-9-19(23)31-38(2,33)34)32-25(24(30-26(32)37)20-5-3-4-12-29-20)22-11-10-21(36-22)15-6-8-17(27)18(28)13-15/h3-14,24-25,31H,1-2H3,(H,30,37)/t24-,25-/m1/s1. The van der Waals surface area contributed by atoms with Crippen molar-refractivity contribution in [3.63, 3.8) is 0 Å². The Morgan fingerprint density at radius 1 is 1.08 bits per heavy atom. The number of sulfonamides is 1. The van der Waals surface area contributed by atoms with Gasteiger partial charge in [-0.15, -0.1) is 0 Å². The molecule has 1 aliphatic heterocycles. The molecule has 0 spiro atoms. The number of pyridine rings is 1. The van der Waals surface area contributed by atoms with Gasteiger partial charge in [0.25, 0.3) is 0 Å². The predicted octanol–water partition coefficient (Wildman–Crippen LogP) is 6.21. The van der Waals surface area contributed by atoms with Crippen LogP contribution < -0.4 is 19.7 Å². The molecule has 1 fully saturated rings. The molecule has 38 heavy (non-hydrogen) atoms. The zero-order valence-corrected chi connectivity index (χ0v) is 23.3. The highest BCUT2D eigenvalue weighted by molar-refractivity contribution is 7.92. The zero-order valence-electron chi connectivity index (χ0n) is 20.2.